The van der Waals surface area contributed by atoms with E-state index in [1.807, 2.05) is 20.8 Å². The van der Waals surface area contributed by atoms with Gasteiger partial charge in [0, 0.05) is 11.6 Å². The first-order valence-corrected chi connectivity index (χ1v) is 6.62. The number of likely N-dealkylation sites (N-methyl/N-ethyl adjacent to an activating group) is 1. The second kappa shape index (κ2) is 6.45. The van der Waals surface area contributed by atoms with E-state index in [2.05, 4.69) is 21.2 Å². The van der Waals surface area contributed by atoms with E-state index >= 15 is 0 Å². The number of nitrogens with one attached hydrogen (secondary N) is 1. The van der Waals surface area contributed by atoms with Crippen molar-refractivity contribution in [2.45, 2.75) is 33.2 Å². The number of benzene rings is 1. The summed E-state index contributed by atoms with van der Waals surface area (Å²) in [6.45, 7) is 6.87. The minimum atomic E-state index is -0.492. The molecule has 0 radical (unpaired) electrons. The van der Waals surface area contributed by atoms with Crippen molar-refractivity contribution in [3.63, 3.8) is 0 Å². The van der Waals surface area contributed by atoms with Gasteiger partial charge in [-0.3, -0.25) is 0 Å². The van der Waals surface area contributed by atoms with Gasteiger partial charge in [-0.2, -0.15) is 0 Å². The van der Waals surface area contributed by atoms with Crippen LogP contribution in [0.4, 0.5) is 8.78 Å². The molecule has 0 aliphatic heterocycles. The van der Waals surface area contributed by atoms with Crippen LogP contribution in [-0.2, 0) is 6.42 Å². The molecule has 0 saturated heterocycles. The van der Waals surface area contributed by atoms with Gasteiger partial charge in [-0.1, -0.05) is 20.8 Å². The second-order valence-corrected chi connectivity index (χ2v) is 5.29. The van der Waals surface area contributed by atoms with E-state index in [1.54, 1.807) is 0 Å². The zero-order valence-corrected chi connectivity index (χ0v) is 11.9. The van der Waals surface area contributed by atoms with Crippen LogP contribution in [0.5, 0.6) is 0 Å². The summed E-state index contributed by atoms with van der Waals surface area (Å²) in [5.74, 6) is -0.643. The van der Waals surface area contributed by atoms with Crippen molar-refractivity contribution in [2.75, 3.05) is 6.54 Å². The van der Waals surface area contributed by atoms with Gasteiger partial charge in [-0.05, 0) is 46.9 Å². The maximum absolute atomic E-state index is 13.8. The van der Waals surface area contributed by atoms with Crippen molar-refractivity contribution >= 4 is 15.9 Å². The van der Waals surface area contributed by atoms with Crippen LogP contribution in [0.25, 0.3) is 0 Å². The molecule has 0 saturated carbocycles. The molecule has 0 heterocycles. The molecule has 1 aromatic rings. The van der Waals surface area contributed by atoms with Crippen LogP contribution >= 0.6 is 15.9 Å². The van der Waals surface area contributed by atoms with Gasteiger partial charge >= 0.3 is 0 Å². The number of rotatable bonds is 5. The fourth-order valence-corrected chi connectivity index (χ4v) is 2.15. The lowest BCUT2D eigenvalue weighted by Crippen LogP contribution is -2.36. The summed E-state index contributed by atoms with van der Waals surface area (Å²) in [6, 6.07) is 2.77. The molecule has 1 unspecified atom stereocenters. The average Bonchev–Trinajstić information content (AvgIpc) is 2.28. The standard InChI is InChI=1S/C13H18BrF2N/c1-4-17-12(8(2)3)7-9-11(15)6-5-10(14)13(9)16/h5-6,8,12,17H,4,7H2,1-3H3. The number of hydrogen-bond acceptors (Lipinski definition) is 1. The second-order valence-electron chi connectivity index (χ2n) is 4.43. The van der Waals surface area contributed by atoms with E-state index in [0.29, 0.717) is 16.8 Å². The normalized spacial score (nSPS) is 13.1. The molecule has 0 fully saturated rings. The van der Waals surface area contributed by atoms with Gasteiger partial charge in [-0.15, -0.1) is 0 Å². The van der Waals surface area contributed by atoms with Crippen molar-refractivity contribution in [1.82, 2.24) is 5.32 Å². The Balaban J connectivity index is 2.96. The maximum atomic E-state index is 13.8. The van der Waals surface area contributed by atoms with Crippen LogP contribution in [0.15, 0.2) is 16.6 Å². The van der Waals surface area contributed by atoms with Gasteiger partial charge in [0.05, 0.1) is 4.47 Å². The predicted octanol–water partition coefficient (Wildman–Crippen LogP) is 3.90. The molecule has 1 aromatic carbocycles. The zero-order valence-electron chi connectivity index (χ0n) is 10.4. The molecule has 0 amide bonds. The lowest BCUT2D eigenvalue weighted by atomic mass is 9.96. The fraction of sp³-hybridized carbons (Fsp3) is 0.538. The van der Waals surface area contributed by atoms with Crippen molar-refractivity contribution in [3.05, 3.63) is 33.8 Å². The molecule has 17 heavy (non-hydrogen) atoms. The van der Waals surface area contributed by atoms with Gasteiger partial charge in [-0.25, -0.2) is 8.78 Å². The van der Waals surface area contributed by atoms with Gasteiger partial charge in [0.25, 0.3) is 0 Å². The van der Waals surface area contributed by atoms with Crippen LogP contribution in [0.3, 0.4) is 0 Å². The van der Waals surface area contributed by atoms with E-state index in [4.69, 9.17) is 0 Å². The first-order valence-electron chi connectivity index (χ1n) is 5.83. The van der Waals surface area contributed by atoms with Gasteiger partial charge in [0.1, 0.15) is 11.6 Å². The lowest BCUT2D eigenvalue weighted by Gasteiger charge is -2.22. The Morgan fingerprint density at radius 2 is 1.94 bits per heavy atom. The Hall–Kier alpha value is -0.480. The van der Waals surface area contributed by atoms with E-state index < -0.39 is 11.6 Å². The molecule has 1 N–H and O–H groups in total. The molecule has 96 valence electrons. The molecule has 0 spiro atoms. The Kier molecular flexibility index (Phi) is 5.53. The largest absolute Gasteiger partial charge is 0.314 e. The highest BCUT2D eigenvalue weighted by Gasteiger charge is 2.19. The molecular weight excluding hydrogens is 288 g/mol. The predicted molar refractivity (Wildman–Crippen MR) is 70.1 cm³/mol. The average molecular weight is 306 g/mol. The van der Waals surface area contributed by atoms with Crippen molar-refractivity contribution in [1.29, 1.82) is 0 Å². The third-order valence-corrected chi connectivity index (χ3v) is 3.45. The van der Waals surface area contributed by atoms with Crippen molar-refractivity contribution in [2.24, 2.45) is 5.92 Å². The molecular formula is C13H18BrF2N. The van der Waals surface area contributed by atoms with E-state index in [9.17, 15) is 8.78 Å². The highest BCUT2D eigenvalue weighted by atomic mass is 79.9. The fourth-order valence-electron chi connectivity index (χ4n) is 1.78. The summed E-state index contributed by atoms with van der Waals surface area (Å²) in [7, 11) is 0. The molecule has 4 heteroatoms. The van der Waals surface area contributed by atoms with E-state index in [-0.39, 0.29) is 11.6 Å². The van der Waals surface area contributed by atoms with Crippen molar-refractivity contribution < 1.29 is 8.78 Å². The highest BCUT2D eigenvalue weighted by molar-refractivity contribution is 9.10. The highest BCUT2D eigenvalue weighted by Crippen LogP contribution is 2.23. The Morgan fingerprint density at radius 3 is 2.47 bits per heavy atom. The smallest absolute Gasteiger partial charge is 0.143 e. The molecule has 0 bridgehead atoms. The summed E-state index contributed by atoms with van der Waals surface area (Å²) < 4.78 is 27.7. The summed E-state index contributed by atoms with van der Waals surface area (Å²) in [5, 5.41) is 3.26. The van der Waals surface area contributed by atoms with Crippen LogP contribution in [0.1, 0.15) is 26.3 Å². The Morgan fingerprint density at radius 1 is 1.29 bits per heavy atom. The van der Waals surface area contributed by atoms with Gasteiger partial charge in [0.2, 0.25) is 0 Å². The molecule has 1 atom stereocenters. The van der Waals surface area contributed by atoms with Crippen LogP contribution < -0.4 is 5.32 Å². The quantitative estimate of drug-likeness (QED) is 0.814. The Bertz CT molecular complexity index is 380. The van der Waals surface area contributed by atoms with E-state index in [1.165, 1.54) is 12.1 Å². The van der Waals surface area contributed by atoms with Crippen molar-refractivity contribution in [3.8, 4) is 0 Å². The molecule has 0 aromatic heterocycles. The van der Waals surface area contributed by atoms with Crippen LogP contribution in [-0.4, -0.2) is 12.6 Å². The van der Waals surface area contributed by atoms with Crippen LogP contribution in [0.2, 0.25) is 0 Å². The SMILES string of the molecule is CCNC(Cc1c(F)ccc(Br)c1F)C(C)C. The number of halogens is 3. The minimum absolute atomic E-state index is 0.0818. The molecule has 1 nitrogen and oxygen atoms in total. The third kappa shape index (κ3) is 3.75. The minimum Gasteiger partial charge on any atom is -0.314 e. The number of hydrogen-bond donors (Lipinski definition) is 1. The Labute approximate surface area is 110 Å². The first-order chi connectivity index (χ1) is 7.97. The van der Waals surface area contributed by atoms with Gasteiger partial charge in [0.15, 0.2) is 0 Å². The monoisotopic (exact) mass is 305 g/mol. The molecule has 0 aliphatic carbocycles. The first kappa shape index (κ1) is 14.6. The third-order valence-electron chi connectivity index (χ3n) is 2.83. The topological polar surface area (TPSA) is 12.0 Å². The molecule has 0 aliphatic rings. The zero-order chi connectivity index (χ0) is 13.0. The van der Waals surface area contributed by atoms with E-state index in [0.717, 1.165) is 6.54 Å². The lowest BCUT2D eigenvalue weighted by molar-refractivity contribution is 0.393. The summed E-state index contributed by atoms with van der Waals surface area (Å²) in [5.41, 5.74) is 0.152. The maximum Gasteiger partial charge on any atom is 0.143 e. The van der Waals surface area contributed by atoms with Crippen LogP contribution in [0, 0.1) is 17.6 Å². The summed E-state index contributed by atoms with van der Waals surface area (Å²) >= 11 is 3.08. The summed E-state index contributed by atoms with van der Waals surface area (Å²) in [6.07, 6.45) is 0.364. The molecule has 1 rings (SSSR count). The summed E-state index contributed by atoms with van der Waals surface area (Å²) in [4.78, 5) is 0. The van der Waals surface area contributed by atoms with Gasteiger partial charge < -0.3 is 5.32 Å².